The largest absolute Gasteiger partial charge is 0.313 e. The van der Waals surface area contributed by atoms with Gasteiger partial charge in [-0.2, -0.15) is 0 Å². The van der Waals surface area contributed by atoms with Gasteiger partial charge in [-0.25, -0.2) is 8.78 Å². The molecule has 0 aliphatic rings. The van der Waals surface area contributed by atoms with Gasteiger partial charge in [0.1, 0.15) is 11.6 Å². The lowest BCUT2D eigenvalue weighted by Crippen LogP contribution is -2.24. The van der Waals surface area contributed by atoms with Crippen molar-refractivity contribution in [3.05, 3.63) is 33.8 Å². The number of benzene rings is 1. The van der Waals surface area contributed by atoms with Crippen molar-refractivity contribution < 1.29 is 8.78 Å². The minimum atomic E-state index is -0.422. The highest BCUT2D eigenvalue weighted by Crippen LogP contribution is 2.30. The molecule has 0 radical (unpaired) electrons. The van der Waals surface area contributed by atoms with Crippen LogP contribution in [0.25, 0.3) is 0 Å². The predicted molar refractivity (Wildman–Crippen MR) is 74.5 cm³/mol. The van der Waals surface area contributed by atoms with Gasteiger partial charge in [-0.3, -0.25) is 0 Å². The average Bonchev–Trinajstić information content (AvgIpc) is 2.33. The van der Waals surface area contributed by atoms with Crippen molar-refractivity contribution in [2.45, 2.75) is 39.2 Å². The van der Waals surface area contributed by atoms with E-state index in [1.165, 1.54) is 12.1 Å². The van der Waals surface area contributed by atoms with E-state index < -0.39 is 5.82 Å². The third-order valence-electron chi connectivity index (χ3n) is 3.27. The Hall–Kier alpha value is -0.480. The van der Waals surface area contributed by atoms with E-state index in [-0.39, 0.29) is 22.2 Å². The quantitative estimate of drug-likeness (QED) is 0.742. The second-order valence-corrected chi connectivity index (χ2v) is 5.53. The molecule has 0 spiro atoms. The minimum Gasteiger partial charge on any atom is -0.313 e. The first-order valence-corrected chi connectivity index (χ1v) is 7.12. The van der Waals surface area contributed by atoms with Crippen molar-refractivity contribution in [3.8, 4) is 0 Å². The standard InChI is InChI=1S/C14H20BrF2N/c1-4-5-6-9(2)14(18-3)10-7-13(17)11(15)8-12(10)16/h7-9,14,18H,4-6H2,1-3H3. The zero-order chi connectivity index (χ0) is 13.7. The van der Waals surface area contributed by atoms with Crippen LogP contribution in [0.1, 0.15) is 44.7 Å². The summed E-state index contributed by atoms with van der Waals surface area (Å²) in [5.74, 6) is -0.523. The van der Waals surface area contributed by atoms with Gasteiger partial charge in [0.15, 0.2) is 0 Å². The number of hydrogen-bond acceptors (Lipinski definition) is 1. The van der Waals surface area contributed by atoms with Crippen LogP contribution < -0.4 is 5.32 Å². The first-order chi connectivity index (χ1) is 8.51. The Kier molecular flexibility index (Phi) is 6.22. The molecule has 4 heteroatoms. The third-order valence-corrected chi connectivity index (χ3v) is 3.88. The molecule has 0 bridgehead atoms. The van der Waals surface area contributed by atoms with Gasteiger partial charge in [-0.05, 0) is 47.4 Å². The fourth-order valence-corrected chi connectivity index (χ4v) is 2.53. The van der Waals surface area contributed by atoms with E-state index in [4.69, 9.17) is 0 Å². The maximum atomic E-state index is 13.9. The van der Waals surface area contributed by atoms with Crippen LogP contribution in [-0.2, 0) is 0 Å². The molecule has 0 saturated carbocycles. The van der Waals surface area contributed by atoms with Crippen molar-refractivity contribution >= 4 is 15.9 Å². The van der Waals surface area contributed by atoms with Gasteiger partial charge in [-0.1, -0.05) is 26.7 Å². The van der Waals surface area contributed by atoms with E-state index in [9.17, 15) is 8.78 Å². The highest BCUT2D eigenvalue weighted by molar-refractivity contribution is 9.10. The zero-order valence-corrected chi connectivity index (χ0v) is 12.7. The summed E-state index contributed by atoms with van der Waals surface area (Å²) in [7, 11) is 1.78. The van der Waals surface area contributed by atoms with Gasteiger partial charge < -0.3 is 5.32 Å². The van der Waals surface area contributed by atoms with Crippen LogP contribution in [0.15, 0.2) is 16.6 Å². The number of rotatable bonds is 6. The van der Waals surface area contributed by atoms with Crippen molar-refractivity contribution in [2.75, 3.05) is 7.05 Å². The van der Waals surface area contributed by atoms with Crippen LogP contribution in [-0.4, -0.2) is 7.05 Å². The van der Waals surface area contributed by atoms with Crippen LogP contribution in [0.4, 0.5) is 8.78 Å². The van der Waals surface area contributed by atoms with Crippen LogP contribution in [0.5, 0.6) is 0 Å². The molecule has 0 aliphatic heterocycles. The smallest absolute Gasteiger partial charge is 0.137 e. The molecule has 1 nitrogen and oxygen atoms in total. The summed E-state index contributed by atoms with van der Waals surface area (Å²) in [5, 5.41) is 3.09. The van der Waals surface area contributed by atoms with Crippen LogP contribution in [0, 0.1) is 17.6 Å². The van der Waals surface area contributed by atoms with Gasteiger partial charge in [-0.15, -0.1) is 0 Å². The van der Waals surface area contributed by atoms with Gasteiger partial charge in [0.05, 0.1) is 4.47 Å². The normalized spacial score (nSPS) is 14.6. The summed E-state index contributed by atoms with van der Waals surface area (Å²) < 4.78 is 27.6. The van der Waals surface area contributed by atoms with Gasteiger partial charge >= 0.3 is 0 Å². The molecule has 2 atom stereocenters. The van der Waals surface area contributed by atoms with E-state index in [0.29, 0.717) is 5.56 Å². The summed E-state index contributed by atoms with van der Waals surface area (Å²) in [6, 6.07) is 2.32. The van der Waals surface area contributed by atoms with Crippen molar-refractivity contribution in [1.29, 1.82) is 0 Å². The lowest BCUT2D eigenvalue weighted by atomic mass is 9.90. The number of halogens is 3. The molecule has 1 rings (SSSR count). The fraction of sp³-hybridized carbons (Fsp3) is 0.571. The summed E-state index contributed by atoms with van der Waals surface area (Å²) in [4.78, 5) is 0. The summed E-state index contributed by atoms with van der Waals surface area (Å²) >= 11 is 2.99. The molecule has 1 aromatic rings. The van der Waals surface area contributed by atoms with Crippen LogP contribution >= 0.6 is 15.9 Å². The van der Waals surface area contributed by atoms with Crippen LogP contribution in [0.2, 0.25) is 0 Å². The Morgan fingerprint density at radius 3 is 2.50 bits per heavy atom. The molecule has 0 aromatic heterocycles. The number of nitrogens with one attached hydrogen (secondary N) is 1. The molecule has 1 N–H and O–H groups in total. The second-order valence-electron chi connectivity index (χ2n) is 4.67. The minimum absolute atomic E-state index is 0.154. The molecule has 0 saturated heterocycles. The maximum absolute atomic E-state index is 13.9. The van der Waals surface area contributed by atoms with E-state index in [1.807, 2.05) is 0 Å². The molecule has 102 valence electrons. The Labute approximate surface area is 116 Å². The number of unbranched alkanes of at least 4 members (excludes halogenated alkanes) is 1. The van der Waals surface area contributed by atoms with Gasteiger partial charge in [0, 0.05) is 11.6 Å². The monoisotopic (exact) mass is 319 g/mol. The summed E-state index contributed by atoms with van der Waals surface area (Å²) in [6.45, 7) is 4.19. The first kappa shape index (κ1) is 15.6. The Morgan fingerprint density at radius 2 is 1.94 bits per heavy atom. The van der Waals surface area contributed by atoms with E-state index >= 15 is 0 Å². The molecule has 0 heterocycles. The predicted octanol–water partition coefficient (Wildman–Crippen LogP) is 4.81. The molecule has 0 amide bonds. The van der Waals surface area contributed by atoms with E-state index in [2.05, 4.69) is 35.1 Å². The summed E-state index contributed by atoms with van der Waals surface area (Å²) in [6.07, 6.45) is 3.21. The fourth-order valence-electron chi connectivity index (χ4n) is 2.22. The second kappa shape index (κ2) is 7.19. The van der Waals surface area contributed by atoms with E-state index in [0.717, 1.165) is 19.3 Å². The Balaban J connectivity index is 2.97. The highest BCUT2D eigenvalue weighted by Gasteiger charge is 2.22. The molecule has 2 unspecified atom stereocenters. The van der Waals surface area contributed by atoms with Gasteiger partial charge in [0.25, 0.3) is 0 Å². The molecule has 0 aliphatic carbocycles. The molecular weight excluding hydrogens is 300 g/mol. The zero-order valence-electron chi connectivity index (χ0n) is 11.1. The first-order valence-electron chi connectivity index (χ1n) is 6.33. The van der Waals surface area contributed by atoms with E-state index in [1.54, 1.807) is 7.05 Å². The van der Waals surface area contributed by atoms with Crippen molar-refractivity contribution in [3.63, 3.8) is 0 Å². The van der Waals surface area contributed by atoms with Gasteiger partial charge in [0.2, 0.25) is 0 Å². The SMILES string of the molecule is CCCCC(C)C(NC)c1cc(F)c(Br)cc1F. The third kappa shape index (κ3) is 3.75. The Bertz CT molecular complexity index is 396. The topological polar surface area (TPSA) is 12.0 Å². The Morgan fingerprint density at radius 1 is 1.28 bits per heavy atom. The van der Waals surface area contributed by atoms with Crippen molar-refractivity contribution in [1.82, 2.24) is 5.32 Å². The molecule has 18 heavy (non-hydrogen) atoms. The maximum Gasteiger partial charge on any atom is 0.137 e. The highest BCUT2D eigenvalue weighted by atomic mass is 79.9. The molecular formula is C14H20BrF2N. The average molecular weight is 320 g/mol. The van der Waals surface area contributed by atoms with Crippen molar-refractivity contribution in [2.24, 2.45) is 5.92 Å². The lowest BCUT2D eigenvalue weighted by Gasteiger charge is -2.24. The molecule has 0 fully saturated rings. The van der Waals surface area contributed by atoms with Crippen LogP contribution in [0.3, 0.4) is 0 Å². The lowest BCUT2D eigenvalue weighted by molar-refractivity contribution is 0.364. The molecule has 1 aromatic carbocycles. The summed E-state index contributed by atoms with van der Waals surface area (Å²) in [5.41, 5.74) is 0.404. The number of hydrogen-bond donors (Lipinski definition) is 1.